The van der Waals surface area contributed by atoms with Crippen molar-refractivity contribution in [3.05, 3.63) is 60.9 Å². The quantitative estimate of drug-likeness (QED) is 0.523. The number of rotatable bonds is 5. The third kappa shape index (κ3) is 6.48. The van der Waals surface area contributed by atoms with E-state index in [0.29, 0.717) is 43.5 Å². The average Bonchev–Trinajstić information content (AvgIpc) is 2.81. The number of nitrogens with zero attached hydrogens (tertiary/aromatic N) is 5. The van der Waals surface area contributed by atoms with Gasteiger partial charge in [0.05, 0.1) is 11.9 Å². The fourth-order valence-electron chi connectivity index (χ4n) is 3.23. The Morgan fingerprint density at radius 1 is 0.939 bits per heavy atom. The Morgan fingerprint density at radius 3 is 2.30 bits per heavy atom. The minimum absolute atomic E-state index is 0.0666. The molecule has 0 unspecified atom stereocenters. The summed E-state index contributed by atoms with van der Waals surface area (Å²) in [6, 6.07) is 12.7. The van der Waals surface area contributed by atoms with Gasteiger partial charge >= 0.3 is 11.5 Å². The van der Waals surface area contributed by atoms with E-state index in [0.717, 1.165) is 5.69 Å². The van der Waals surface area contributed by atoms with Crippen molar-refractivity contribution in [3.8, 4) is 0 Å². The lowest BCUT2D eigenvalue weighted by molar-refractivity contribution is -0.0328. The first-order valence-corrected chi connectivity index (χ1v) is 10.8. The third-order valence-corrected chi connectivity index (χ3v) is 5.55. The number of amides is 2. The molecular weight excluding hydrogens is 455 g/mol. The van der Waals surface area contributed by atoms with Crippen LogP contribution in [0.3, 0.4) is 0 Å². The number of alkyl halides is 3. The molecule has 2 amide bonds. The minimum atomic E-state index is -4.34. The van der Waals surface area contributed by atoms with E-state index in [1.54, 1.807) is 17.3 Å². The van der Waals surface area contributed by atoms with E-state index in [4.69, 9.17) is 0 Å². The molecule has 2 aromatic heterocycles. The van der Waals surface area contributed by atoms with E-state index >= 15 is 0 Å². The van der Waals surface area contributed by atoms with E-state index < -0.39 is 5.51 Å². The van der Waals surface area contributed by atoms with E-state index in [1.165, 1.54) is 24.3 Å². The predicted octanol–water partition coefficient (Wildman–Crippen LogP) is 4.58. The Hall–Kier alpha value is -3.54. The summed E-state index contributed by atoms with van der Waals surface area (Å²) in [6.45, 7) is 2.12. The Bertz CT molecular complexity index is 1060. The molecule has 0 spiro atoms. The number of aromatic nitrogens is 3. The molecule has 0 radical (unpaired) electrons. The topological polar surface area (TPSA) is 86.3 Å². The number of urea groups is 1. The second-order valence-corrected chi connectivity index (χ2v) is 8.26. The molecule has 2 N–H and O–H groups in total. The molecule has 1 saturated heterocycles. The molecule has 0 atom stereocenters. The van der Waals surface area contributed by atoms with Gasteiger partial charge in [0.2, 0.25) is 0 Å². The zero-order valence-corrected chi connectivity index (χ0v) is 18.1. The van der Waals surface area contributed by atoms with Gasteiger partial charge in [-0.05, 0) is 60.3 Å². The van der Waals surface area contributed by atoms with Crippen LogP contribution in [0.2, 0.25) is 0 Å². The predicted molar refractivity (Wildman–Crippen MR) is 121 cm³/mol. The number of nitrogens with one attached hydrogen (secondary N) is 2. The van der Waals surface area contributed by atoms with Crippen molar-refractivity contribution >= 4 is 40.8 Å². The summed E-state index contributed by atoms with van der Waals surface area (Å²) in [6.07, 6.45) is 3.38. The van der Waals surface area contributed by atoms with E-state index in [1.807, 2.05) is 29.2 Å². The van der Waals surface area contributed by atoms with Gasteiger partial charge in [-0.15, -0.1) is 10.2 Å². The number of carbonyl (C=O) groups excluding carboxylic acids is 1. The van der Waals surface area contributed by atoms with Crippen LogP contribution in [0.1, 0.15) is 0 Å². The highest BCUT2D eigenvalue weighted by molar-refractivity contribution is 8.00. The average molecular weight is 476 g/mol. The van der Waals surface area contributed by atoms with Crippen LogP contribution in [0.25, 0.3) is 0 Å². The minimum Gasteiger partial charge on any atom is -0.352 e. The molecule has 172 valence electrons. The van der Waals surface area contributed by atoms with Gasteiger partial charge in [0.1, 0.15) is 0 Å². The van der Waals surface area contributed by atoms with Gasteiger partial charge in [0, 0.05) is 43.0 Å². The molecule has 1 aliphatic heterocycles. The molecule has 33 heavy (non-hydrogen) atoms. The standard InChI is InChI=1S/C21H20F3N7OS/c22-21(23,24)33-17-5-3-15(4-6-17)27-20(32)31-12-10-30(11-13-31)19-8-7-18(28-29-19)26-16-2-1-9-25-14-16/h1-9,14H,10-13H2,(H,26,28)(H,27,32). The zero-order chi connectivity index (χ0) is 23.3. The molecule has 0 aliphatic carbocycles. The summed E-state index contributed by atoms with van der Waals surface area (Å²) >= 11 is -0.191. The Balaban J connectivity index is 1.26. The summed E-state index contributed by atoms with van der Waals surface area (Å²) in [4.78, 5) is 20.3. The summed E-state index contributed by atoms with van der Waals surface area (Å²) in [7, 11) is 0. The van der Waals surface area contributed by atoms with Crippen molar-refractivity contribution in [2.45, 2.75) is 10.4 Å². The molecule has 12 heteroatoms. The van der Waals surface area contributed by atoms with Crippen molar-refractivity contribution in [1.82, 2.24) is 20.1 Å². The number of hydrogen-bond donors (Lipinski definition) is 2. The zero-order valence-electron chi connectivity index (χ0n) is 17.3. The SMILES string of the molecule is O=C(Nc1ccc(SC(F)(F)F)cc1)N1CCN(c2ccc(Nc3cccnc3)nn2)CC1. The maximum Gasteiger partial charge on any atom is 0.446 e. The van der Waals surface area contributed by atoms with Crippen LogP contribution in [0.5, 0.6) is 0 Å². The van der Waals surface area contributed by atoms with E-state index in [2.05, 4.69) is 25.8 Å². The van der Waals surface area contributed by atoms with E-state index in [-0.39, 0.29) is 22.7 Å². The van der Waals surface area contributed by atoms with Gasteiger partial charge in [-0.3, -0.25) is 4.98 Å². The molecule has 3 aromatic rings. The van der Waals surface area contributed by atoms with Crippen LogP contribution in [0, 0.1) is 0 Å². The van der Waals surface area contributed by atoms with Crippen LogP contribution < -0.4 is 15.5 Å². The number of halogens is 3. The van der Waals surface area contributed by atoms with Gasteiger partial charge in [0.25, 0.3) is 0 Å². The van der Waals surface area contributed by atoms with Crippen LogP contribution in [0.15, 0.2) is 65.8 Å². The first-order valence-electron chi connectivity index (χ1n) is 10.0. The Kier molecular flexibility index (Phi) is 6.82. The highest BCUT2D eigenvalue weighted by Crippen LogP contribution is 2.37. The van der Waals surface area contributed by atoms with Crippen molar-refractivity contribution in [1.29, 1.82) is 0 Å². The number of pyridine rings is 1. The highest BCUT2D eigenvalue weighted by atomic mass is 32.2. The maximum atomic E-state index is 12.5. The number of thioether (sulfide) groups is 1. The van der Waals surface area contributed by atoms with Gasteiger partial charge in [-0.25, -0.2) is 4.79 Å². The molecule has 1 aliphatic rings. The van der Waals surface area contributed by atoms with Crippen LogP contribution in [-0.4, -0.2) is 57.8 Å². The Labute approximate surface area is 192 Å². The normalized spacial score (nSPS) is 14.2. The smallest absolute Gasteiger partial charge is 0.352 e. The Morgan fingerprint density at radius 2 is 1.70 bits per heavy atom. The molecule has 0 saturated carbocycles. The number of benzene rings is 1. The second kappa shape index (κ2) is 9.94. The maximum absolute atomic E-state index is 12.5. The molecule has 4 rings (SSSR count). The van der Waals surface area contributed by atoms with Gasteiger partial charge in [-0.2, -0.15) is 13.2 Å². The lowest BCUT2D eigenvalue weighted by Gasteiger charge is -2.35. The third-order valence-electron chi connectivity index (χ3n) is 4.81. The van der Waals surface area contributed by atoms with Crippen LogP contribution >= 0.6 is 11.8 Å². The second-order valence-electron chi connectivity index (χ2n) is 7.12. The fourth-order valence-corrected chi connectivity index (χ4v) is 3.77. The highest BCUT2D eigenvalue weighted by Gasteiger charge is 2.29. The first-order chi connectivity index (χ1) is 15.9. The van der Waals surface area contributed by atoms with Crippen molar-refractivity contribution < 1.29 is 18.0 Å². The molecular formula is C21H20F3N7OS. The summed E-state index contributed by atoms with van der Waals surface area (Å²) < 4.78 is 37.3. The summed E-state index contributed by atoms with van der Waals surface area (Å²) in [5, 5.41) is 14.3. The summed E-state index contributed by atoms with van der Waals surface area (Å²) in [5.74, 6) is 1.31. The molecule has 1 fully saturated rings. The summed E-state index contributed by atoms with van der Waals surface area (Å²) in [5.41, 5.74) is -3.09. The molecule has 0 bridgehead atoms. The van der Waals surface area contributed by atoms with Gasteiger partial charge < -0.3 is 20.4 Å². The number of hydrogen-bond acceptors (Lipinski definition) is 7. The van der Waals surface area contributed by atoms with Gasteiger partial charge in [-0.1, -0.05) is 0 Å². The first kappa shape index (κ1) is 22.6. The molecule has 1 aromatic carbocycles. The van der Waals surface area contributed by atoms with Crippen LogP contribution in [0.4, 0.5) is 41.0 Å². The monoisotopic (exact) mass is 475 g/mol. The fraction of sp³-hybridized carbons (Fsp3) is 0.238. The van der Waals surface area contributed by atoms with Gasteiger partial charge in [0.15, 0.2) is 11.6 Å². The van der Waals surface area contributed by atoms with Crippen molar-refractivity contribution in [3.63, 3.8) is 0 Å². The lowest BCUT2D eigenvalue weighted by atomic mass is 10.3. The van der Waals surface area contributed by atoms with E-state index in [9.17, 15) is 18.0 Å². The molecule has 3 heterocycles. The van der Waals surface area contributed by atoms with Crippen molar-refractivity contribution in [2.75, 3.05) is 41.7 Å². The number of carbonyl (C=O) groups is 1. The van der Waals surface area contributed by atoms with Crippen LogP contribution in [-0.2, 0) is 0 Å². The largest absolute Gasteiger partial charge is 0.446 e. The lowest BCUT2D eigenvalue weighted by Crippen LogP contribution is -2.50. The van der Waals surface area contributed by atoms with Crippen molar-refractivity contribution in [2.24, 2.45) is 0 Å². The molecule has 8 nitrogen and oxygen atoms in total. The number of anilines is 4. The number of piperazine rings is 1.